The number of hydrogen-bond donors (Lipinski definition) is 3. The largest absolute Gasteiger partial charge is 0.806 e. The van der Waals surface area contributed by atoms with Crippen LogP contribution >= 0.6 is 92.7 Å². The van der Waals surface area contributed by atoms with Crippen LogP contribution in [0.4, 0.5) is 35.1 Å². The second-order valence-corrected chi connectivity index (χ2v) is 33.3. The third-order valence-corrected chi connectivity index (χ3v) is 19.7. The molecule has 4 aromatic carbocycles. The predicted molar refractivity (Wildman–Crippen MR) is 334 cm³/mol. The van der Waals surface area contributed by atoms with Crippen LogP contribution in [-0.4, -0.2) is 77.6 Å². The molecule has 0 fully saturated rings. The number of rotatable bonds is 10. The highest BCUT2D eigenvalue weighted by atomic mass is 79.9. The quantitative estimate of drug-likeness (QED) is 0.0286. The Labute approximate surface area is 526 Å². The van der Waals surface area contributed by atoms with Crippen molar-refractivity contribution < 1.29 is 73.2 Å². The molecular formula is C53H52Br4F8N10O8P4. The molecule has 34 heteroatoms. The minimum Gasteiger partial charge on any atom is -0.806 e. The summed E-state index contributed by atoms with van der Waals surface area (Å²) in [5.41, 5.74) is -15.6. The van der Waals surface area contributed by atoms with Crippen molar-refractivity contribution in [2.45, 2.75) is 37.0 Å². The summed E-state index contributed by atoms with van der Waals surface area (Å²) >= 11 is 12.1. The number of aldehydes is 1. The molecule has 0 aliphatic heterocycles. The molecule has 466 valence electrons. The van der Waals surface area contributed by atoms with E-state index >= 15 is 0 Å². The lowest BCUT2D eigenvalue weighted by molar-refractivity contribution is -0.335. The van der Waals surface area contributed by atoms with Crippen LogP contribution in [0.25, 0.3) is 43.6 Å². The molecule has 0 bridgehead atoms. The highest BCUT2D eigenvalue weighted by Crippen LogP contribution is 2.64. The van der Waals surface area contributed by atoms with Gasteiger partial charge in [-0.15, -0.1) is 0 Å². The minimum absolute atomic E-state index is 0. The summed E-state index contributed by atoms with van der Waals surface area (Å²) in [6, 6.07) is 27.8. The van der Waals surface area contributed by atoms with Gasteiger partial charge < -0.3 is 45.6 Å². The number of benzene rings is 4. The van der Waals surface area contributed by atoms with Gasteiger partial charge in [-0.1, -0.05) is 88.4 Å². The van der Waals surface area contributed by atoms with Gasteiger partial charge in [0.05, 0.1) is 40.0 Å². The molecule has 87 heavy (non-hydrogen) atoms. The zero-order chi connectivity index (χ0) is 63.9. The van der Waals surface area contributed by atoms with Gasteiger partial charge in [-0.05, 0) is 125 Å². The van der Waals surface area contributed by atoms with Crippen molar-refractivity contribution in [3.63, 3.8) is 0 Å². The fourth-order valence-corrected chi connectivity index (χ4v) is 12.7. The van der Waals surface area contributed by atoms with Gasteiger partial charge in [0, 0.05) is 76.2 Å². The number of nitriles is 3. The van der Waals surface area contributed by atoms with Gasteiger partial charge in [-0.2, -0.15) is 50.9 Å². The molecular weight excluding hydrogens is 1500 g/mol. The Hall–Kier alpha value is -5.75. The molecule has 0 atom stereocenters. The summed E-state index contributed by atoms with van der Waals surface area (Å²) in [7, 11) is -17.2. The van der Waals surface area contributed by atoms with E-state index in [0.717, 1.165) is 52.3 Å². The number of hydrogen-bond acceptors (Lipinski definition) is 16. The number of aromatic nitrogens is 4. The first kappa shape index (κ1) is 79.3. The smallest absolute Gasteiger partial charge is 0.323 e. The molecule has 4 heterocycles. The van der Waals surface area contributed by atoms with Crippen LogP contribution in [0, 0.1) is 34.0 Å². The van der Waals surface area contributed by atoms with E-state index in [1.54, 1.807) is 36.4 Å². The van der Waals surface area contributed by atoms with Crippen LogP contribution in [0.2, 0.25) is 0 Å². The van der Waals surface area contributed by atoms with Crippen LogP contribution in [0.1, 0.15) is 64.2 Å². The summed E-state index contributed by atoms with van der Waals surface area (Å²) in [5, 5.41) is 38.4. The molecule has 0 spiro atoms. The molecule has 9 N–H and O–H groups in total. The van der Waals surface area contributed by atoms with Crippen LogP contribution in [0.5, 0.6) is 0 Å². The lowest BCUT2D eigenvalue weighted by atomic mass is 10.1. The van der Waals surface area contributed by atoms with Gasteiger partial charge in [0.2, 0.25) is 0 Å². The SMILES string of the molecule is C.CC#N.CP(C)(=O)C(F)(F)c1cc2nc(/C=N/O)ccc2cc1Br.CP(C)(=O)C(F)(F)c1cc2nc(C#N)ccc2cc1Br.CP(C)(=O)C(F)(F)c1cc2nc(C=O)ccc2cc1Br.N#Cc1ccc2cc(Br)c(C(F)(F)P(=O)([O-])[O-])cc2n1.[NH4+].[NH4+]. The highest BCUT2D eigenvalue weighted by molar-refractivity contribution is 9.11. The van der Waals surface area contributed by atoms with Gasteiger partial charge in [0.25, 0.3) is 5.66 Å². The van der Waals surface area contributed by atoms with Gasteiger partial charge in [-0.25, -0.2) is 19.9 Å². The van der Waals surface area contributed by atoms with E-state index in [0.29, 0.717) is 39.0 Å². The second kappa shape index (κ2) is 30.6. The Morgan fingerprint density at radius 3 is 1.00 bits per heavy atom. The number of alkyl halides is 8. The Kier molecular flexibility index (Phi) is 27.9. The molecule has 0 amide bonds. The Morgan fingerprint density at radius 2 is 0.747 bits per heavy atom. The maximum absolute atomic E-state index is 14.3. The minimum atomic E-state index is -6.17. The number of quaternary nitrogens is 2. The lowest BCUT2D eigenvalue weighted by Crippen LogP contribution is -2.30. The maximum atomic E-state index is 14.3. The number of carbonyl (C=O) groups is 1. The van der Waals surface area contributed by atoms with Crippen LogP contribution in [0.15, 0.2) is 120 Å². The Bertz CT molecular complexity index is 4120. The Morgan fingerprint density at radius 1 is 0.494 bits per heavy atom. The molecule has 4 aromatic heterocycles. The zero-order valence-electron chi connectivity index (χ0n) is 46.1. The van der Waals surface area contributed by atoms with Gasteiger partial charge >= 0.3 is 17.0 Å². The zero-order valence-corrected chi connectivity index (χ0v) is 56.0. The number of nitrogens with zero attached hydrogens (tertiary/aromatic N) is 8. The van der Waals surface area contributed by atoms with Crippen molar-refractivity contribution in [1.29, 1.82) is 15.8 Å². The summed E-state index contributed by atoms with van der Waals surface area (Å²) in [6.45, 7) is 7.70. The van der Waals surface area contributed by atoms with Crippen LogP contribution in [0.3, 0.4) is 0 Å². The van der Waals surface area contributed by atoms with E-state index in [1.165, 1.54) is 73.7 Å². The Balaban J connectivity index is 0.000000564. The topological polar surface area (TPSA) is 360 Å². The van der Waals surface area contributed by atoms with Crippen molar-refractivity contribution in [3.8, 4) is 18.2 Å². The monoisotopic (exact) mass is 1550 g/mol. The average molecular weight is 1550 g/mol. The van der Waals surface area contributed by atoms with E-state index < -0.39 is 57.2 Å². The third kappa shape index (κ3) is 18.4. The molecule has 0 saturated heterocycles. The van der Waals surface area contributed by atoms with Gasteiger partial charge in [-0.3, -0.25) is 4.79 Å². The molecule has 0 radical (unpaired) electrons. The normalized spacial score (nSPS) is 11.9. The van der Waals surface area contributed by atoms with E-state index in [4.69, 9.17) is 21.0 Å². The summed E-state index contributed by atoms with van der Waals surface area (Å²) in [4.78, 5) is 47.9. The van der Waals surface area contributed by atoms with Crippen molar-refractivity contribution in [1.82, 2.24) is 32.2 Å². The standard InChI is InChI=1S/C13H12BrF2N2O2P.C13H10BrF2N2OP.C13H11BrF2NO2P.C11H6BrF2N2O3P.C2H3N.CH4.2H3N/c1-21(2,20)13(15,16)10-6-12-8(5-11(10)14)3-4-9(18-12)7-17-19;1-20(2,19)13(15,16)10-6-12-8(5-11(10)14)3-4-9(7-17)18-12;1-20(2,19)13(15,16)10-6-12-8(5-11(10)14)3-4-9(7-18)17-12;12-9-3-6-1-2-7(5-15)16-10(6)4-8(9)11(13,14)20(17,18)19;1-2-3;;;/h3-7,19H,1-2H3;3-6H,1-2H3;3-7H,1-2H3;1-4H,(H2,17,18,19);1H3;1H4;2*1H3/b17-7+;;;;;;;. The first-order chi connectivity index (χ1) is 38.6. The predicted octanol–water partition coefficient (Wildman–Crippen LogP) is 17.3. The first-order valence-corrected chi connectivity index (χ1v) is 35.5. The number of pyridine rings is 4. The second-order valence-electron chi connectivity index (χ2n) is 18.5. The molecule has 18 nitrogen and oxygen atoms in total. The fraction of sp³-hybridized carbons (Fsp3) is 0.226. The molecule has 0 aliphatic rings. The maximum Gasteiger partial charge on any atom is 0.323 e. The fourth-order valence-electron chi connectivity index (χ4n) is 6.87. The summed E-state index contributed by atoms with van der Waals surface area (Å²) in [5.74, 6) is 0. The lowest BCUT2D eigenvalue weighted by Gasteiger charge is -2.38. The highest BCUT2D eigenvalue weighted by Gasteiger charge is 2.48. The van der Waals surface area contributed by atoms with Crippen molar-refractivity contribution in [2.24, 2.45) is 5.16 Å². The summed E-state index contributed by atoms with van der Waals surface area (Å²) < 4.78 is 159. The van der Waals surface area contributed by atoms with Crippen LogP contribution < -0.4 is 22.1 Å². The van der Waals surface area contributed by atoms with E-state index in [9.17, 15) is 68.0 Å². The molecule has 0 saturated carbocycles. The van der Waals surface area contributed by atoms with Crippen molar-refractivity contribution >= 4 is 149 Å². The van der Waals surface area contributed by atoms with Crippen molar-refractivity contribution in [3.05, 3.63) is 160 Å². The molecule has 8 aromatic rings. The molecule has 8 rings (SSSR count). The van der Waals surface area contributed by atoms with Gasteiger partial charge in [0.15, 0.2) is 27.7 Å². The van der Waals surface area contributed by atoms with E-state index in [-0.39, 0.29) is 87.9 Å². The number of fused-ring (bicyclic) bond motifs is 4. The molecule has 0 aliphatic carbocycles. The van der Waals surface area contributed by atoms with E-state index in [2.05, 4.69) is 88.8 Å². The first-order valence-electron chi connectivity index (χ1n) is 22.9. The van der Waals surface area contributed by atoms with Gasteiger partial charge in [0.1, 0.15) is 29.2 Å². The molecule has 0 unspecified atom stereocenters. The summed E-state index contributed by atoms with van der Waals surface area (Å²) in [6.07, 6.45) is 1.65. The third-order valence-electron chi connectivity index (χ3n) is 11.4. The van der Waals surface area contributed by atoms with Crippen LogP contribution in [-0.2, 0) is 40.9 Å². The number of halogens is 12. The van der Waals surface area contributed by atoms with Crippen molar-refractivity contribution in [2.75, 3.05) is 40.0 Å². The average Bonchev–Trinajstić information content (AvgIpc) is 1.06. The van der Waals surface area contributed by atoms with E-state index in [1.807, 2.05) is 6.07 Å². The number of carbonyl (C=O) groups excluding carboxylic acids is 1. The number of oxime groups is 1.